The second-order valence-corrected chi connectivity index (χ2v) is 7.11. The Labute approximate surface area is 136 Å². The predicted octanol–water partition coefficient (Wildman–Crippen LogP) is 3.71. The van der Waals surface area contributed by atoms with Gasteiger partial charge in [0.05, 0.1) is 0 Å². The van der Waals surface area contributed by atoms with Gasteiger partial charge in [-0.2, -0.15) is 0 Å². The minimum Gasteiger partial charge on any atom is -0.444 e. The van der Waals surface area contributed by atoms with Crippen LogP contribution in [0.2, 0.25) is 5.02 Å². The number of hydrogen-bond acceptors (Lipinski definition) is 3. The summed E-state index contributed by atoms with van der Waals surface area (Å²) in [5.41, 5.74) is 0.484. The van der Waals surface area contributed by atoms with Gasteiger partial charge in [0.25, 0.3) is 0 Å². The SMILES string of the molecule is CC(C)(C)OC(=O)N1CCC(=O)[C@H](Cc2cccc(Cl)c2)C1. The number of carbonyl (C=O) groups is 2. The number of nitrogens with zero attached hydrogens (tertiary/aromatic N) is 1. The summed E-state index contributed by atoms with van der Waals surface area (Å²) in [6.07, 6.45) is 0.625. The van der Waals surface area contributed by atoms with E-state index in [-0.39, 0.29) is 17.8 Å². The maximum absolute atomic E-state index is 12.1. The van der Waals surface area contributed by atoms with Gasteiger partial charge in [-0.25, -0.2) is 4.79 Å². The van der Waals surface area contributed by atoms with Crippen molar-refractivity contribution in [1.82, 2.24) is 4.90 Å². The van der Waals surface area contributed by atoms with Crippen LogP contribution in [0, 0.1) is 5.92 Å². The highest BCUT2D eigenvalue weighted by Crippen LogP contribution is 2.21. The Balaban J connectivity index is 2.02. The molecule has 1 aromatic rings. The second kappa shape index (κ2) is 6.69. The minimum atomic E-state index is -0.527. The van der Waals surface area contributed by atoms with Crippen molar-refractivity contribution in [3.63, 3.8) is 0 Å². The van der Waals surface area contributed by atoms with Gasteiger partial charge < -0.3 is 9.64 Å². The summed E-state index contributed by atoms with van der Waals surface area (Å²) >= 11 is 5.98. The summed E-state index contributed by atoms with van der Waals surface area (Å²) in [6.45, 7) is 6.34. The van der Waals surface area contributed by atoms with Crippen molar-refractivity contribution < 1.29 is 14.3 Å². The third-order valence-electron chi connectivity index (χ3n) is 3.55. The molecular formula is C17H22ClNO3. The van der Waals surface area contributed by atoms with Gasteiger partial charge in [-0.05, 0) is 44.9 Å². The smallest absolute Gasteiger partial charge is 0.410 e. The molecule has 22 heavy (non-hydrogen) atoms. The highest BCUT2D eigenvalue weighted by atomic mass is 35.5. The first kappa shape index (κ1) is 16.8. The third-order valence-corrected chi connectivity index (χ3v) is 3.78. The number of likely N-dealkylation sites (tertiary alicyclic amines) is 1. The van der Waals surface area contributed by atoms with Crippen molar-refractivity contribution in [3.8, 4) is 0 Å². The third kappa shape index (κ3) is 4.73. The van der Waals surface area contributed by atoms with Gasteiger partial charge in [-0.3, -0.25) is 4.79 Å². The van der Waals surface area contributed by atoms with Crippen LogP contribution in [-0.4, -0.2) is 35.5 Å². The molecule has 1 atom stereocenters. The van der Waals surface area contributed by atoms with E-state index in [0.717, 1.165) is 5.56 Å². The summed E-state index contributed by atoms with van der Waals surface area (Å²) in [6, 6.07) is 7.49. The fourth-order valence-corrected chi connectivity index (χ4v) is 2.74. The number of Topliss-reactive ketones (excluding diaryl/α,β-unsaturated/α-hetero) is 1. The van der Waals surface area contributed by atoms with Crippen LogP contribution in [0.1, 0.15) is 32.8 Å². The monoisotopic (exact) mass is 323 g/mol. The van der Waals surface area contributed by atoms with Crippen LogP contribution in [0.15, 0.2) is 24.3 Å². The average molecular weight is 324 g/mol. The molecule has 1 heterocycles. The van der Waals surface area contributed by atoms with E-state index in [9.17, 15) is 9.59 Å². The van der Waals surface area contributed by atoms with E-state index in [1.54, 1.807) is 11.0 Å². The van der Waals surface area contributed by atoms with E-state index in [1.807, 2.05) is 39.0 Å². The lowest BCUT2D eigenvalue weighted by atomic mass is 9.90. The van der Waals surface area contributed by atoms with Gasteiger partial charge in [-0.15, -0.1) is 0 Å². The number of ketones is 1. The standard InChI is InChI=1S/C17H22ClNO3/c1-17(2,3)22-16(21)19-8-7-15(20)13(11-19)9-12-5-4-6-14(18)10-12/h4-6,10,13H,7-9,11H2,1-3H3/t13-/m1/s1. The second-order valence-electron chi connectivity index (χ2n) is 6.67. The number of ether oxygens (including phenoxy) is 1. The van der Waals surface area contributed by atoms with E-state index in [4.69, 9.17) is 16.3 Å². The lowest BCUT2D eigenvalue weighted by molar-refractivity contribution is -0.125. The Morgan fingerprint density at radius 3 is 2.77 bits per heavy atom. The Kier molecular flexibility index (Phi) is 5.12. The van der Waals surface area contributed by atoms with Crippen LogP contribution in [0.4, 0.5) is 4.79 Å². The molecule has 1 amide bonds. The van der Waals surface area contributed by atoms with Crippen molar-refractivity contribution in [2.75, 3.05) is 13.1 Å². The fraction of sp³-hybridized carbons (Fsp3) is 0.529. The molecule has 0 aliphatic carbocycles. The minimum absolute atomic E-state index is 0.194. The first-order valence-electron chi connectivity index (χ1n) is 7.50. The van der Waals surface area contributed by atoms with Gasteiger partial charge >= 0.3 is 6.09 Å². The molecule has 1 saturated heterocycles. The predicted molar refractivity (Wildman–Crippen MR) is 86.1 cm³/mol. The van der Waals surface area contributed by atoms with E-state index < -0.39 is 5.60 Å². The summed E-state index contributed by atoms with van der Waals surface area (Å²) in [5.74, 6) is -0.000445. The van der Waals surface area contributed by atoms with Crippen LogP contribution in [0.3, 0.4) is 0 Å². The zero-order valence-electron chi connectivity index (χ0n) is 13.3. The first-order valence-corrected chi connectivity index (χ1v) is 7.87. The molecular weight excluding hydrogens is 302 g/mol. The molecule has 120 valence electrons. The lowest BCUT2D eigenvalue weighted by Gasteiger charge is -2.33. The van der Waals surface area contributed by atoms with Crippen LogP contribution in [-0.2, 0) is 16.0 Å². The quantitative estimate of drug-likeness (QED) is 0.833. The molecule has 1 aliphatic rings. The molecule has 0 aromatic heterocycles. The van der Waals surface area contributed by atoms with Gasteiger partial charge in [0.15, 0.2) is 0 Å². The number of halogens is 1. The van der Waals surface area contributed by atoms with Crippen molar-refractivity contribution in [2.24, 2.45) is 5.92 Å². The molecule has 0 bridgehead atoms. The van der Waals surface area contributed by atoms with Gasteiger partial charge in [0, 0.05) is 30.5 Å². The lowest BCUT2D eigenvalue weighted by Crippen LogP contribution is -2.46. The van der Waals surface area contributed by atoms with E-state index >= 15 is 0 Å². The molecule has 0 saturated carbocycles. The largest absolute Gasteiger partial charge is 0.444 e. The molecule has 0 N–H and O–H groups in total. The van der Waals surface area contributed by atoms with Gasteiger partial charge in [0.2, 0.25) is 0 Å². The Bertz CT molecular complexity index is 565. The fourth-order valence-electron chi connectivity index (χ4n) is 2.53. The van der Waals surface area contributed by atoms with Crippen LogP contribution in [0.25, 0.3) is 0 Å². The summed E-state index contributed by atoms with van der Waals surface area (Å²) in [5, 5.41) is 0.657. The topological polar surface area (TPSA) is 46.6 Å². The summed E-state index contributed by atoms with van der Waals surface area (Å²) < 4.78 is 5.38. The number of carbonyl (C=O) groups excluding carboxylic acids is 2. The molecule has 2 rings (SSSR count). The van der Waals surface area contributed by atoms with Crippen molar-refractivity contribution in [2.45, 2.75) is 39.2 Å². The molecule has 1 aromatic carbocycles. The van der Waals surface area contributed by atoms with Crippen molar-refractivity contribution >= 4 is 23.5 Å². The Morgan fingerprint density at radius 1 is 1.41 bits per heavy atom. The normalized spacial score (nSPS) is 19.2. The van der Waals surface area contributed by atoms with Crippen molar-refractivity contribution in [1.29, 1.82) is 0 Å². The Morgan fingerprint density at radius 2 is 2.14 bits per heavy atom. The van der Waals surface area contributed by atoms with Gasteiger partial charge in [-0.1, -0.05) is 23.7 Å². The van der Waals surface area contributed by atoms with Crippen LogP contribution in [0.5, 0.6) is 0 Å². The highest BCUT2D eigenvalue weighted by Gasteiger charge is 2.32. The van der Waals surface area contributed by atoms with E-state index in [1.165, 1.54) is 0 Å². The van der Waals surface area contributed by atoms with Gasteiger partial charge in [0.1, 0.15) is 11.4 Å². The maximum atomic E-state index is 12.1. The first-order chi connectivity index (χ1) is 10.2. The number of rotatable bonds is 2. The zero-order chi connectivity index (χ0) is 16.3. The summed E-state index contributed by atoms with van der Waals surface area (Å²) in [7, 11) is 0. The van der Waals surface area contributed by atoms with E-state index in [0.29, 0.717) is 31.0 Å². The molecule has 0 unspecified atom stereocenters. The maximum Gasteiger partial charge on any atom is 0.410 e. The molecule has 0 radical (unpaired) electrons. The molecule has 1 aliphatic heterocycles. The Hall–Kier alpha value is -1.55. The number of amides is 1. The number of hydrogen-bond donors (Lipinski definition) is 0. The van der Waals surface area contributed by atoms with E-state index in [2.05, 4.69) is 0 Å². The molecule has 4 nitrogen and oxygen atoms in total. The van der Waals surface area contributed by atoms with Crippen LogP contribution < -0.4 is 0 Å². The average Bonchev–Trinajstić information content (AvgIpc) is 2.39. The number of benzene rings is 1. The molecule has 0 spiro atoms. The molecule has 5 heteroatoms. The zero-order valence-corrected chi connectivity index (χ0v) is 14.0. The summed E-state index contributed by atoms with van der Waals surface area (Å²) in [4.78, 5) is 25.9. The molecule has 1 fully saturated rings. The van der Waals surface area contributed by atoms with Crippen molar-refractivity contribution in [3.05, 3.63) is 34.9 Å². The van der Waals surface area contributed by atoms with Crippen LogP contribution >= 0.6 is 11.6 Å². The highest BCUT2D eigenvalue weighted by molar-refractivity contribution is 6.30. The number of piperidine rings is 1.